The molecule has 174 valence electrons. The number of amides is 2. The third kappa shape index (κ3) is 7.34. The maximum atomic E-state index is 13.4. The molecule has 0 spiro atoms. The molecule has 0 bridgehead atoms. The summed E-state index contributed by atoms with van der Waals surface area (Å²) in [6.07, 6.45) is 1.82. The van der Waals surface area contributed by atoms with E-state index in [1.165, 1.54) is 4.90 Å². The maximum absolute atomic E-state index is 13.4. The predicted octanol–water partition coefficient (Wildman–Crippen LogP) is 3.55. The van der Waals surface area contributed by atoms with E-state index in [4.69, 9.17) is 0 Å². The normalized spacial score (nSPS) is 13.2. The maximum Gasteiger partial charge on any atom is 0.244 e. The van der Waals surface area contributed by atoms with Gasteiger partial charge in [-0.15, -0.1) is 0 Å². The second-order valence-corrected chi connectivity index (χ2v) is 10.6. The van der Waals surface area contributed by atoms with E-state index in [9.17, 15) is 18.0 Å². The van der Waals surface area contributed by atoms with Gasteiger partial charge in [0.25, 0.3) is 0 Å². The number of carbonyl (C=O) groups is 2. The van der Waals surface area contributed by atoms with Crippen molar-refractivity contribution in [3.05, 3.63) is 64.6 Å². The fourth-order valence-corrected chi connectivity index (χ4v) is 4.16. The van der Waals surface area contributed by atoms with Crippen LogP contribution < -0.4 is 9.62 Å². The van der Waals surface area contributed by atoms with Gasteiger partial charge in [0.15, 0.2) is 0 Å². The van der Waals surface area contributed by atoms with Crippen molar-refractivity contribution in [2.45, 2.75) is 45.8 Å². The highest BCUT2D eigenvalue weighted by Gasteiger charge is 2.30. The average Bonchev–Trinajstić information content (AvgIpc) is 2.76. The number of para-hydroxylation sites is 1. The van der Waals surface area contributed by atoms with Gasteiger partial charge in [0.2, 0.25) is 21.8 Å². The van der Waals surface area contributed by atoms with Crippen LogP contribution in [-0.2, 0) is 26.2 Å². The van der Waals surface area contributed by atoms with Crippen molar-refractivity contribution < 1.29 is 18.0 Å². The summed E-state index contributed by atoms with van der Waals surface area (Å²) >= 11 is 3.39. The van der Waals surface area contributed by atoms with Crippen LogP contribution in [0.15, 0.2) is 59.1 Å². The van der Waals surface area contributed by atoms with E-state index in [-0.39, 0.29) is 18.5 Å². The summed E-state index contributed by atoms with van der Waals surface area (Å²) in [7, 11) is -3.71. The molecule has 1 N–H and O–H groups in total. The van der Waals surface area contributed by atoms with E-state index in [0.29, 0.717) is 5.69 Å². The number of halogens is 1. The number of anilines is 1. The Bertz CT molecular complexity index is 1010. The van der Waals surface area contributed by atoms with E-state index in [1.54, 1.807) is 37.3 Å². The standard InChI is InChI=1S/C23H30BrN3O4S/c1-5-17(2)25-23(29)18(3)26(15-19-11-13-20(24)14-12-19)22(28)16-27(32(4,30)31)21-9-7-6-8-10-21/h6-14,17-18H,5,15-16H2,1-4H3,(H,25,29)/t17-,18-/m1/s1. The summed E-state index contributed by atoms with van der Waals surface area (Å²) in [5.74, 6) is -0.746. The van der Waals surface area contributed by atoms with E-state index in [1.807, 2.05) is 38.1 Å². The minimum absolute atomic E-state index is 0.0357. The number of sulfonamides is 1. The van der Waals surface area contributed by atoms with E-state index < -0.39 is 28.5 Å². The Morgan fingerprint density at radius 1 is 1.03 bits per heavy atom. The number of rotatable bonds is 10. The Hall–Kier alpha value is -2.39. The molecule has 0 saturated heterocycles. The first-order chi connectivity index (χ1) is 15.0. The van der Waals surface area contributed by atoms with Crippen molar-refractivity contribution in [3.63, 3.8) is 0 Å². The van der Waals surface area contributed by atoms with Gasteiger partial charge < -0.3 is 10.2 Å². The molecule has 9 heteroatoms. The summed E-state index contributed by atoms with van der Waals surface area (Å²) in [5.41, 5.74) is 1.22. The molecular weight excluding hydrogens is 494 g/mol. The Morgan fingerprint density at radius 2 is 1.62 bits per heavy atom. The zero-order chi connectivity index (χ0) is 23.9. The Balaban J connectivity index is 2.34. The van der Waals surface area contributed by atoms with Gasteiger partial charge in [0.1, 0.15) is 12.6 Å². The first kappa shape index (κ1) is 25.9. The minimum Gasteiger partial charge on any atom is -0.352 e. The minimum atomic E-state index is -3.71. The quantitative estimate of drug-likeness (QED) is 0.515. The monoisotopic (exact) mass is 523 g/mol. The fourth-order valence-electron chi connectivity index (χ4n) is 3.04. The first-order valence-corrected chi connectivity index (χ1v) is 13.0. The molecule has 0 radical (unpaired) electrons. The van der Waals surface area contributed by atoms with Crippen LogP contribution in [0.4, 0.5) is 5.69 Å². The van der Waals surface area contributed by atoms with Crippen LogP contribution >= 0.6 is 15.9 Å². The smallest absolute Gasteiger partial charge is 0.244 e. The van der Waals surface area contributed by atoms with Crippen LogP contribution in [0.25, 0.3) is 0 Å². The van der Waals surface area contributed by atoms with Gasteiger partial charge in [0.05, 0.1) is 11.9 Å². The Kier molecular flexibility index (Phi) is 9.27. The molecule has 2 amide bonds. The molecule has 0 heterocycles. The number of nitrogens with one attached hydrogen (secondary N) is 1. The van der Waals surface area contributed by atoms with Gasteiger partial charge >= 0.3 is 0 Å². The fraction of sp³-hybridized carbons (Fsp3) is 0.391. The van der Waals surface area contributed by atoms with Crippen LogP contribution in [0, 0.1) is 0 Å². The number of hydrogen-bond acceptors (Lipinski definition) is 4. The topological polar surface area (TPSA) is 86.8 Å². The molecule has 2 aromatic carbocycles. The number of benzene rings is 2. The highest BCUT2D eigenvalue weighted by Crippen LogP contribution is 2.19. The van der Waals surface area contributed by atoms with Crippen molar-refractivity contribution in [2.24, 2.45) is 0 Å². The van der Waals surface area contributed by atoms with Gasteiger partial charge in [-0.3, -0.25) is 13.9 Å². The molecule has 32 heavy (non-hydrogen) atoms. The van der Waals surface area contributed by atoms with E-state index >= 15 is 0 Å². The summed E-state index contributed by atoms with van der Waals surface area (Å²) < 4.78 is 26.8. The van der Waals surface area contributed by atoms with Crippen LogP contribution in [0.1, 0.15) is 32.8 Å². The SMILES string of the molecule is CC[C@@H](C)NC(=O)[C@@H](C)N(Cc1ccc(Br)cc1)C(=O)CN(c1ccccc1)S(C)(=O)=O. The van der Waals surface area contributed by atoms with E-state index in [0.717, 1.165) is 27.0 Å². The van der Waals surface area contributed by atoms with Crippen LogP contribution in [-0.4, -0.2) is 50.0 Å². The number of hydrogen-bond donors (Lipinski definition) is 1. The second-order valence-electron chi connectivity index (χ2n) is 7.75. The van der Waals surface area contributed by atoms with Crippen molar-refractivity contribution in [1.29, 1.82) is 0 Å². The van der Waals surface area contributed by atoms with Gasteiger partial charge in [-0.2, -0.15) is 0 Å². The Morgan fingerprint density at radius 3 is 2.16 bits per heavy atom. The lowest BCUT2D eigenvalue weighted by atomic mass is 10.1. The van der Waals surface area contributed by atoms with Crippen LogP contribution in [0.2, 0.25) is 0 Å². The highest BCUT2D eigenvalue weighted by molar-refractivity contribution is 9.10. The molecule has 0 aliphatic rings. The van der Waals surface area contributed by atoms with Crippen molar-refractivity contribution in [1.82, 2.24) is 10.2 Å². The molecular formula is C23H30BrN3O4S. The predicted molar refractivity (Wildman–Crippen MR) is 131 cm³/mol. The molecule has 2 rings (SSSR count). The molecule has 0 aliphatic carbocycles. The van der Waals surface area contributed by atoms with Crippen LogP contribution in [0.5, 0.6) is 0 Å². The van der Waals surface area contributed by atoms with Gasteiger partial charge in [-0.1, -0.05) is 53.2 Å². The molecule has 2 atom stereocenters. The van der Waals surface area contributed by atoms with Crippen molar-refractivity contribution in [2.75, 3.05) is 17.1 Å². The van der Waals surface area contributed by atoms with Crippen molar-refractivity contribution in [3.8, 4) is 0 Å². The molecule has 0 unspecified atom stereocenters. The molecule has 7 nitrogen and oxygen atoms in total. The average molecular weight is 524 g/mol. The van der Waals surface area contributed by atoms with Crippen molar-refractivity contribution >= 4 is 43.5 Å². The zero-order valence-electron chi connectivity index (χ0n) is 18.8. The lowest BCUT2D eigenvalue weighted by molar-refractivity contribution is -0.139. The molecule has 0 aliphatic heterocycles. The molecule has 0 saturated carbocycles. The Labute approximate surface area is 199 Å². The van der Waals surface area contributed by atoms with Crippen LogP contribution in [0.3, 0.4) is 0 Å². The third-order valence-corrected chi connectivity index (χ3v) is 6.83. The number of carbonyl (C=O) groups excluding carboxylic acids is 2. The second kappa shape index (κ2) is 11.5. The highest BCUT2D eigenvalue weighted by atomic mass is 79.9. The lowest BCUT2D eigenvalue weighted by Crippen LogP contribution is -2.52. The largest absolute Gasteiger partial charge is 0.352 e. The molecule has 0 aromatic heterocycles. The zero-order valence-corrected chi connectivity index (χ0v) is 21.2. The van der Waals surface area contributed by atoms with Gasteiger partial charge in [0, 0.05) is 17.1 Å². The summed E-state index contributed by atoms with van der Waals surface area (Å²) in [6.45, 7) is 5.28. The lowest BCUT2D eigenvalue weighted by Gasteiger charge is -2.32. The summed E-state index contributed by atoms with van der Waals surface area (Å²) in [4.78, 5) is 27.6. The number of nitrogens with zero attached hydrogens (tertiary/aromatic N) is 2. The molecule has 2 aromatic rings. The molecule has 0 fully saturated rings. The first-order valence-electron chi connectivity index (χ1n) is 10.4. The third-order valence-electron chi connectivity index (χ3n) is 5.16. The van der Waals surface area contributed by atoms with E-state index in [2.05, 4.69) is 21.2 Å². The summed E-state index contributed by atoms with van der Waals surface area (Å²) in [5, 5.41) is 2.90. The van der Waals surface area contributed by atoms with Gasteiger partial charge in [-0.25, -0.2) is 8.42 Å². The summed E-state index contributed by atoms with van der Waals surface area (Å²) in [6, 6.07) is 15.1. The van der Waals surface area contributed by atoms with Gasteiger partial charge in [-0.05, 0) is 50.1 Å².